The number of ether oxygens (including phenoxy) is 1. The molecule has 0 unspecified atom stereocenters. The molecule has 1 aliphatic heterocycles. The van der Waals surface area contributed by atoms with Crippen molar-refractivity contribution in [2.75, 3.05) is 58.3 Å². The Morgan fingerprint density at radius 1 is 0.963 bits per heavy atom. The van der Waals surface area contributed by atoms with Crippen LogP contribution in [-0.2, 0) is 11.2 Å². The van der Waals surface area contributed by atoms with Crippen molar-refractivity contribution in [2.24, 2.45) is 0 Å². The molecular formula is C22H29N3O2. The van der Waals surface area contributed by atoms with Crippen LogP contribution in [0.3, 0.4) is 0 Å². The first-order valence-corrected chi connectivity index (χ1v) is 9.55. The molecule has 0 radical (unpaired) electrons. The average Bonchev–Trinajstić information content (AvgIpc) is 2.73. The minimum Gasteiger partial charge on any atom is -0.497 e. The quantitative estimate of drug-likeness (QED) is 0.753. The molecule has 1 fully saturated rings. The number of hydrogen-bond acceptors (Lipinski definition) is 4. The first-order valence-electron chi connectivity index (χ1n) is 9.55. The van der Waals surface area contributed by atoms with Gasteiger partial charge in [0.2, 0.25) is 5.91 Å². The zero-order valence-electron chi connectivity index (χ0n) is 16.3. The first kappa shape index (κ1) is 19.4. The highest BCUT2D eigenvalue weighted by Crippen LogP contribution is 2.14. The second-order valence-electron chi connectivity index (χ2n) is 7.00. The van der Waals surface area contributed by atoms with E-state index < -0.39 is 0 Å². The number of benzene rings is 2. The molecule has 0 N–H and O–H groups in total. The third-order valence-electron chi connectivity index (χ3n) is 5.22. The van der Waals surface area contributed by atoms with Gasteiger partial charge < -0.3 is 14.5 Å². The summed E-state index contributed by atoms with van der Waals surface area (Å²) in [6, 6.07) is 18.1. The van der Waals surface area contributed by atoms with E-state index in [1.165, 1.54) is 5.56 Å². The van der Waals surface area contributed by atoms with Crippen molar-refractivity contribution in [1.82, 2.24) is 9.80 Å². The van der Waals surface area contributed by atoms with Crippen LogP contribution in [0.5, 0.6) is 5.75 Å². The Morgan fingerprint density at radius 2 is 1.59 bits per heavy atom. The Kier molecular flexibility index (Phi) is 6.85. The van der Waals surface area contributed by atoms with Gasteiger partial charge in [0, 0.05) is 45.5 Å². The van der Waals surface area contributed by atoms with Crippen LogP contribution in [-0.4, -0.2) is 69.1 Å². The fourth-order valence-corrected chi connectivity index (χ4v) is 3.34. The lowest BCUT2D eigenvalue weighted by atomic mass is 10.1. The predicted octanol–water partition coefficient (Wildman–Crippen LogP) is 2.52. The Morgan fingerprint density at radius 3 is 2.22 bits per heavy atom. The number of methoxy groups -OCH3 is 1. The van der Waals surface area contributed by atoms with E-state index in [9.17, 15) is 4.79 Å². The summed E-state index contributed by atoms with van der Waals surface area (Å²) in [5.41, 5.74) is 2.28. The minimum absolute atomic E-state index is 0.146. The highest BCUT2D eigenvalue weighted by atomic mass is 16.5. The van der Waals surface area contributed by atoms with E-state index in [1.807, 2.05) is 49.5 Å². The van der Waals surface area contributed by atoms with Gasteiger partial charge in [0.25, 0.3) is 0 Å². The number of para-hydroxylation sites is 1. The monoisotopic (exact) mass is 367 g/mol. The zero-order chi connectivity index (χ0) is 19.1. The molecular weight excluding hydrogens is 338 g/mol. The van der Waals surface area contributed by atoms with Crippen LogP contribution < -0.4 is 9.64 Å². The van der Waals surface area contributed by atoms with Gasteiger partial charge in [-0.1, -0.05) is 30.3 Å². The number of hydrogen-bond donors (Lipinski definition) is 0. The topological polar surface area (TPSA) is 36.0 Å². The highest BCUT2D eigenvalue weighted by molar-refractivity contribution is 5.94. The third kappa shape index (κ3) is 5.55. The number of amides is 1. The van der Waals surface area contributed by atoms with Gasteiger partial charge in [-0.25, -0.2) is 0 Å². The van der Waals surface area contributed by atoms with Gasteiger partial charge in [0.15, 0.2) is 0 Å². The summed E-state index contributed by atoms with van der Waals surface area (Å²) in [6.45, 7) is 5.45. The second kappa shape index (κ2) is 9.53. The van der Waals surface area contributed by atoms with Crippen LogP contribution in [0.15, 0.2) is 54.6 Å². The van der Waals surface area contributed by atoms with Crippen molar-refractivity contribution in [3.05, 3.63) is 60.2 Å². The Hall–Kier alpha value is -2.37. The number of likely N-dealkylation sites (N-methyl/N-ethyl adjacent to an activating group) is 1. The molecule has 0 atom stereocenters. The standard InChI is InChI=1S/C22H29N3O2/c1-23(20-6-4-3-5-7-20)22(26)18-25-16-14-24(15-17-25)13-12-19-8-10-21(27-2)11-9-19/h3-11H,12-18H2,1-2H3. The molecule has 1 heterocycles. The van der Waals surface area contributed by atoms with Crippen LogP contribution in [0.2, 0.25) is 0 Å². The molecule has 144 valence electrons. The largest absolute Gasteiger partial charge is 0.497 e. The van der Waals surface area contributed by atoms with E-state index in [4.69, 9.17) is 4.74 Å². The van der Waals surface area contributed by atoms with Crippen molar-refractivity contribution in [3.8, 4) is 5.75 Å². The molecule has 5 heteroatoms. The lowest BCUT2D eigenvalue weighted by Crippen LogP contribution is -2.50. The minimum atomic E-state index is 0.146. The predicted molar refractivity (Wildman–Crippen MR) is 109 cm³/mol. The first-order chi connectivity index (χ1) is 13.2. The summed E-state index contributed by atoms with van der Waals surface area (Å²) in [4.78, 5) is 19.0. The molecule has 1 amide bonds. The Bertz CT molecular complexity index is 710. The number of anilines is 1. The Balaban J connectivity index is 1.40. The van der Waals surface area contributed by atoms with Crippen molar-refractivity contribution < 1.29 is 9.53 Å². The molecule has 1 aliphatic rings. The van der Waals surface area contributed by atoms with Crippen molar-refractivity contribution in [2.45, 2.75) is 6.42 Å². The molecule has 27 heavy (non-hydrogen) atoms. The fraction of sp³-hybridized carbons (Fsp3) is 0.409. The zero-order valence-corrected chi connectivity index (χ0v) is 16.3. The smallest absolute Gasteiger partial charge is 0.240 e. The van der Waals surface area contributed by atoms with Crippen molar-refractivity contribution in [3.63, 3.8) is 0 Å². The third-order valence-corrected chi connectivity index (χ3v) is 5.22. The van der Waals surface area contributed by atoms with Crippen LogP contribution >= 0.6 is 0 Å². The van der Waals surface area contributed by atoms with Gasteiger partial charge in [0.1, 0.15) is 5.75 Å². The number of piperazine rings is 1. The van der Waals surface area contributed by atoms with Gasteiger partial charge in [-0.3, -0.25) is 9.69 Å². The molecule has 0 spiro atoms. The molecule has 0 aliphatic carbocycles. The SMILES string of the molecule is COc1ccc(CCN2CCN(CC(=O)N(C)c3ccccc3)CC2)cc1. The fourth-order valence-electron chi connectivity index (χ4n) is 3.34. The lowest BCUT2D eigenvalue weighted by Gasteiger charge is -2.35. The Labute approximate surface area is 162 Å². The second-order valence-corrected chi connectivity index (χ2v) is 7.00. The van der Waals surface area contributed by atoms with Gasteiger partial charge in [-0.15, -0.1) is 0 Å². The lowest BCUT2D eigenvalue weighted by molar-refractivity contribution is -0.119. The highest BCUT2D eigenvalue weighted by Gasteiger charge is 2.20. The number of rotatable bonds is 7. The molecule has 2 aromatic rings. The van der Waals surface area contributed by atoms with Gasteiger partial charge in [-0.05, 0) is 36.2 Å². The maximum atomic E-state index is 12.5. The van der Waals surface area contributed by atoms with Gasteiger partial charge >= 0.3 is 0 Å². The molecule has 3 rings (SSSR count). The van der Waals surface area contributed by atoms with Gasteiger partial charge in [0.05, 0.1) is 13.7 Å². The molecule has 5 nitrogen and oxygen atoms in total. The van der Waals surface area contributed by atoms with Gasteiger partial charge in [-0.2, -0.15) is 0 Å². The van der Waals surface area contributed by atoms with E-state index in [1.54, 1.807) is 12.0 Å². The number of nitrogens with zero attached hydrogens (tertiary/aromatic N) is 3. The molecule has 0 saturated carbocycles. The molecule has 0 bridgehead atoms. The maximum absolute atomic E-state index is 12.5. The summed E-state index contributed by atoms with van der Waals surface area (Å²) in [7, 11) is 3.54. The molecule has 0 aromatic heterocycles. The maximum Gasteiger partial charge on any atom is 0.240 e. The van der Waals surface area contributed by atoms with E-state index >= 15 is 0 Å². The molecule has 2 aromatic carbocycles. The van der Waals surface area contributed by atoms with Crippen LogP contribution in [0, 0.1) is 0 Å². The normalized spacial score (nSPS) is 15.5. The van der Waals surface area contributed by atoms with Crippen LogP contribution in [0.4, 0.5) is 5.69 Å². The number of carbonyl (C=O) groups excluding carboxylic acids is 1. The van der Waals surface area contributed by atoms with E-state index in [2.05, 4.69) is 21.9 Å². The number of carbonyl (C=O) groups is 1. The molecule has 1 saturated heterocycles. The summed E-state index contributed by atoms with van der Waals surface area (Å²) < 4.78 is 5.21. The summed E-state index contributed by atoms with van der Waals surface area (Å²) in [5.74, 6) is 1.05. The summed E-state index contributed by atoms with van der Waals surface area (Å²) in [5, 5.41) is 0. The van der Waals surface area contributed by atoms with Crippen molar-refractivity contribution in [1.29, 1.82) is 0 Å². The van der Waals surface area contributed by atoms with Crippen molar-refractivity contribution >= 4 is 11.6 Å². The van der Waals surface area contributed by atoms with Crippen LogP contribution in [0.1, 0.15) is 5.56 Å². The average molecular weight is 367 g/mol. The van der Waals surface area contributed by atoms with Crippen LogP contribution in [0.25, 0.3) is 0 Å². The van der Waals surface area contributed by atoms with E-state index in [0.29, 0.717) is 6.54 Å². The van der Waals surface area contributed by atoms with E-state index in [0.717, 1.165) is 50.6 Å². The summed E-state index contributed by atoms with van der Waals surface area (Å²) in [6.07, 6.45) is 1.04. The summed E-state index contributed by atoms with van der Waals surface area (Å²) >= 11 is 0. The van der Waals surface area contributed by atoms with E-state index in [-0.39, 0.29) is 5.91 Å².